The number of aromatic nitrogens is 1. The van der Waals surface area contributed by atoms with Gasteiger partial charge in [-0.25, -0.2) is 4.98 Å². The van der Waals surface area contributed by atoms with E-state index in [9.17, 15) is 9.59 Å². The number of amides is 2. The molecule has 0 atom stereocenters. The van der Waals surface area contributed by atoms with Gasteiger partial charge in [-0.15, -0.1) is 11.3 Å². The Morgan fingerprint density at radius 2 is 2.00 bits per heavy atom. The molecule has 1 saturated heterocycles. The highest BCUT2D eigenvalue weighted by atomic mass is 32.1. The van der Waals surface area contributed by atoms with E-state index in [1.807, 2.05) is 13.8 Å². The fraction of sp³-hybridized carbons (Fsp3) is 0.615. The largest absolute Gasteiger partial charge is 0.347 e. The van der Waals surface area contributed by atoms with Crippen LogP contribution in [0.3, 0.4) is 0 Å². The number of hydrogen-bond donors (Lipinski definition) is 3. The van der Waals surface area contributed by atoms with Crippen molar-refractivity contribution in [2.75, 3.05) is 44.6 Å². The highest BCUT2D eigenvalue weighted by Gasteiger charge is 2.16. The Balaban J connectivity index is 1.70. The summed E-state index contributed by atoms with van der Waals surface area (Å²) in [5.74, 6) is -1.28. The summed E-state index contributed by atoms with van der Waals surface area (Å²) in [5.41, 5.74) is 0.870. The molecule has 2 amide bonds. The monoisotopic (exact) mass is 311 g/mol. The molecule has 1 aliphatic heterocycles. The van der Waals surface area contributed by atoms with E-state index in [-0.39, 0.29) is 0 Å². The minimum atomic E-state index is -0.663. The standard InChI is InChI=1S/C13H21N5O2S/c1-9-10(2)21-13(16-9)17-12(20)11(19)15-5-8-18-6-3-14-4-7-18/h14H,3-8H2,1-2H3,(H,15,19)(H,16,17,20). The van der Waals surface area contributed by atoms with Crippen LogP contribution in [0.2, 0.25) is 0 Å². The molecule has 21 heavy (non-hydrogen) atoms. The smallest absolute Gasteiger partial charge is 0.315 e. The zero-order chi connectivity index (χ0) is 15.2. The van der Waals surface area contributed by atoms with Crippen molar-refractivity contribution in [3.05, 3.63) is 10.6 Å². The maximum absolute atomic E-state index is 11.7. The lowest BCUT2D eigenvalue weighted by molar-refractivity contribution is -0.136. The van der Waals surface area contributed by atoms with E-state index in [1.165, 1.54) is 11.3 Å². The predicted molar refractivity (Wildman–Crippen MR) is 82.5 cm³/mol. The van der Waals surface area contributed by atoms with Crippen molar-refractivity contribution in [1.29, 1.82) is 0 Å². The Kier molecular flexibility index (Phi) is 5.66. The minimum Gasteiger partial charge on any atom is -0.347 e. The summed E-state index contributed by atoms with van der Waals surface area (Å²) < 4.78 is 0. The molecule has 0 saturated carbocycles. The number of aryl methyl sites for hydroxylation is 2. The predicted octanol–water partition coefficient (Wildman–Crippen LogP) is -0.280. The number of anilines is 1. The summed E-state index contributed by atoms with van der Waals surface area (Å²) in [6, 6.07) is 0. The van der Waals surface area contributed by atoms with Crippen LogP contribution in [0.5, 0.6) is 0 Å². The number of nitrogens with zero attached hydrogens (tertiary/aromatic N) is 2. The van der Waals surface area contributed by atoms with E-state index in [4.69, 9.17) is 0 Å². The van der Waals surface area contributed by atoms with Crippen LogP contribution in [0.4, 0.5) is 5.13 Å². The highest BCUT2D eigenvalue weighted by Crippen LogP contribution is 2.20. The third-order valence-corrected chi connectivity index (χ3v) is 4.37. The Hall–Kier alpha value is -1.51. The SMILES string of the molecule is Cc1nc(NC(=O)C(=O)NCCN2CCNCC2)sc1C. The van der Waals surface area contributed by atoms with Gasteiger partial charge >= 0.3 is 11.8 Å². The third-order valence-electron chi connectivity index (χ3n) is 3.38. The molecule has 2 rings (SSSR count). The van der Waals surface area contributed by atoms with Gasteiger partial charge in [0.25, 0.3) is 0 Å². The molecule has 116 valence electrons. The number of nitrogens with one attached hydrogen (secondary N) is 3. The quantitative estimate of drug-likeness (QED) is 0.666. The van der Waals surface area contributed by atoms with Gasteiger partial charge in [0.15, 0.2) is 5.13 Å². The van der Waals surface area contributed by atoms with Crippen molar-refractivity contribution in [2.45, 2.75) is 13.8 Å². The number of carbonyl (C=O) groups excluding carboxylic acids is 2. The van der Waals surface area contributed by atoms with Crippen molar-refractivity contribution in [3.63, 3.8) is 0 Å². The summed E-state index contributed by atoms with van der Waals surface area (Å²) in [4.78, 5) is 30.9. The summed E-state index contributed by atoms with van der Waals surface area (Å²) in [6.07, 6.45) is 0. The topological polar surface area (TPSA) is 86.4 Å². The van der Waals surface area contributed by atoms with Crippen LogP contribution < -0.4 is 16.0 Å². The molecule has 0 aliphatic carbocycles. The summed E-state index contributed by atoms with van der Waals surface area (Å²) in [5, 5.41) is 8.89. The fourth-order valence-corrected chi connectivity index (χ4v) is 2.83. The Bertz CT molecular complexity index is 491. The van der Waals surface area contributed by atoms with Gasteiger partial charge in [0.2, 0.25) is 0 Å². The first-order chi connectivity index (χ1) is 10.1. The first kappa shape index (κ1) is 15.9. The molecule has 0 bridgehead atoms. The van der Waals surface area contributed by atoms with Crippen LogP contribution in [0.15, 0.2) is 0 Å². The average Bonchev–Trinajstić information content (AvgIpc) is 2.78. The van der Waals surface area contributed by atoms with Crippen molar-refractivity contribution >= 4 is 28.3 Å². The first-order valence-corrected chi connectivity index (χ1v) is 7.84. The van der Waals surface area contributed by atoms with Gasteiger partial charge in [-0.1, -0.05) is 0 Å². The molecule has 8 heteroatoms. The van der Waals surface area contributed by atoms with Gasteiger partial charge < -0.3 is 10.6 Å². The van der Waals surface area contributed by atoms with Crippen molar-refractivity contribution < 1.29 is 9.59 Å². The van der Waals surface area contributed by atoms with Crippen LogP contribution in [0.25, 0.3) is 0 Å². The molecule has 0 unspecified atom stereocenters. The Labute approximate surface area is 128 Å². The second kappa shape index (κ2) is 7.48. The van der Waals surface area contributed by atoms with E-state index in [1.54, 1.807) is 0 Å². The van der Waals surface area contributed by atoms with E-state index >= 15 is 0 Å². The first-order valence-electron chi connectivity index (χ1n) is 7.02. The number of rotatable bonds is 4. The van der Waals surface area contributed by atoms with E-state index in [2.05, 4.69) is 25.8 Å². The summed E-state index contributed by atoms with van der Waals surface area (Å²) in [6.45, 7) is 8.91. The van der Waals surface area contributed by atoms with Crippen molar-refractivity contribution in [3.8, 4) is 0 Å². The normalized spacial score (nSPS) is 15.7. The number of piperazine rings is 1. The molecule has 1 aromatic heterocycles. The summed E-state index contributed by atoms with van der Waals surface area (Å²) >= 11 is 1.37. The van der Waals surface area contributed by atoms with E-state index < -0.39 is 11.8 Å². The lowest BCUT2D eigenvalue weighted by Crippen LogP contribution is -2.47. The van der Waals surface area contributed by atoms with E-state index in [0.29, 0.717) is 11.7 Å². The number of carbonyl (C=O) groups is 2. The third kappa shape index (κ3) is 4.76. The van der Waals surface area contributed by atoms with Gasteiger partial charge in [0.05, 0.1) is 5.69 Å². The van der Waals surface area contributed by atoms with Gasteiger partial charge in [0, 0.05) is 44.1 Å². The van der Waals surface area contributed by atoms with Crippen LogP contribution in [0.1, 0.15) is 10.6 Å². The molecule has 7 nitrogen and oxygen atoms in total. The Morgan fingerprint density at radius 1 is 1.29 bits per heavy atom. The highest BCUT2D eigenvalue weighted by molar-refractivity contribution is 7.15. The van der Waals surface area contributed by atoms with Crippen molar-refractivity contribution in [1.82, 2.24) is 20.5 Å². The van der Waals surface area contributed by atoms with Gasteiger partial charge in [-0.05, 0) is 13.8 Å². The Morgan fingerprint density at radius 3 is 2.62 bits per heavy atom. The maximum Gasteiger partial charge on any atom is 0.315 e. The average molecular weight is 311 g/mol. The number of thiazole rings is 1. The minimum absolute atomic E-state index is 0.465. The molecule has 0 spiro atoms. The molecule has 3 N–H and O–H groups in total. The van der Waals surface area contributed by atoms with Crippen LogP contribution >= 0.6 is 11.3 Å². The number of hydrogen-bond acceptors (Lipinski definition) is 6. The molecule has 1 fully saturated rings. The molecule has 1 aromatic rings. The maximum atomic E-state index is 11.7. The van der Waals surface area contributed by atoms with Gasteiger partial charge in [0.1, 0.15) is 0 Å². The molecular weight excluding hydrogens is 290 g/mol. The van der Waals surface area contributed by atoms with E-state index in [0.717, 1.165) is 43.3 Å². The lowest BCUT2D eigenvalue weighted by atomic mass is 10.3. The zero-order valence-electron chi connectivity index (χ0n) is 12.4. The summed E-state index contributed by atoms with van der Waals surface area (Å²) in [7, 11) is 0. The molecule has 0 aromatic carbocycles. The van der Waals surface area contributed by atoms with Crippen LogP contribution in [-0.4, -0.2) is 61.0 Å². The molecule has 0 radical (unpaired) electrons. The molecular formula is C13H21N5O2S. The lowest BCUT2D eigenvalue weighted by Gasteiger charge is -2.26. The van der Waals surface area contributed by atoms with Gasteiger partial charge in [-0.3, -0.25) is 19.8 Å². The van der Waals surface area contributed by atoms with Gasteiger partial charge in [-0.2, -0.15) is 0 Å². The van der Waals surface area contributed by atoms with Crippen LogP contribution in [-0.2, 0) is 9.59 Å². The van der Waals surface area contributed by atoms with Crippen LogP contribution in [0, 0.1) is 13.8 Å². The van der Waals surface area contributed by atoms with Crippen molar-refractivity contribution in [2.24, 2.45) is 0 Å². The molecule has 2 heterocycles. The fourth-order valence-electron chi connectivity index (χ4n) is 2.02. The second-order valence-electron chi connectivity index (χ2n) is 4.96. The zero-order valence-corrected chi connectivity index (χ0v) is 13.2. The second-order valence-corrected chi connectivity index (χ2v) is 6.17. The molecule has 1 aliphatic rings.